The Kier molecular flexibility index (Phi) is 7.35. The molecule has 2 heterocycles. The summed E-state index contributed by atoms with van der Waals surface area (Å²) in [5.74, 6) is 1.92. The molecule has 9 aromatic rings. The Morgan fingerprint density at radius 1 is 0.393 bits per heavy atom. The van der Waals surface area contributed by atoms with Gasteiger partial charge < -0.3 is 0 Å². The lowest BCUT2D eigenvalue weighted by Crippen LogP contribution is -2.32. The fraction of sp³-hybridized carbons (Fsp3) is 0.0196. The lowest BCUT2D eigenvalue weighted by atomic mass is 9.67. The average molecular weight is 731 g/mol. The van der Waals surface area contributed by atoms with E-state index >= 15 is 0 Å². The van der Waals surface area contributed by atoms with Crippen molar-refractivity contribution in [1.82, 2.24) is 15.0 Å². The van der Waals surface area contributed by atoms with Gasteiger partial charge in [-0.2, -0.15) is 5.26 Å². The van der Waals surface area contributed by atoms with Crippen LogP contribution in [0.1, 0.15) is 27.8 Å². The minimum absolute atomic E-state index is 0.588. The highest BCUT2D eigenvalue weighted by Crippen LogP contribution is 2.63. The van der Waals surface area contributed by atoms with E-state index in [1.54, 1.807) is 0 Å². The van der Waals surface area contributed by atoms with Crippen molar-refractivity contribution in [2.24, 2.45) is 0 Å². The summed E-state index contributed by atoms with van der Waals surface area (Å²) in [4.78, 5) is 17.7. The fourth-order valence-corrected chi connectivity index (χ4v) is 9.81. The standard InChI is InChI=1S/C51H30N4S/c52-31-32-19-21-33(22-20-32)36-23-24-37-28-41-40-15-7-8-16-42(40)51(44(41)30-39(37)27-36)43-17-9-10-18-46(43)56-47-26-25-38(29-45(47)51)50-54-48(34-11-3-1-4-12-34)53-49(55-50)35-13-5-2-6-14-35/h1-30H. The predicted octanol–water partition coefficient (Wildman–Crippen LogP) is 12.4. The van der Waals surface area contributed by atoms with Crippen LogP contribution >= 0.6 is 11.8 Å². The Morgan fingerprint density at radius 2 is 0.982 bits per heavy atom. The summed E-state index contributed by atoms with van der Waals surface area (Å²) < 4.78 is 0. The van der Waals surface area contributed by atoms with Crippen LogP contribution in [0, 0.1) is 11.3 Å². The summed E-state index contributed by atoms with van der Waals surface area (Å²) in [5.41, 5.74) is 12.6. The van der Waals surface area contributed by atoms with Crippen molar-refractivity contribution < 1.29 is 0 Å². The summed E-state index contributed by atoms with van der Waals surface area (Å²) in [6, 6.07) is 66.4. The molecule has 1 aliphatic heterocycles. The number of aromatic nitrogens is 3. The first-order valence-corrected chi connectivity index (χ1v) is 19.5. The van der Waals surface area contributed by atoms with Crippen LogP contribution in [0.4, 0.5) is 0 Å². The van der Waals surface area contributed by atoms with Gasteiger partial charge in [0.2, 0.25) is 0 Å². The molecule has 4 nitrogen and oxygen atoms in total. The van der Waals surface area contributed by atoms with Crippen LogP contribution < -0.4 is 0 Å². The third kappa shape index (κ3) is 4.97. The molecule has 0 radical (unpaired) electrons. The molecule has 0 amide bonds. The molecule has 0 bridgehead atoms. The van der Waals surface area contributed by atoms with Crippen molar-refractivity contribution in [3.05, 3.63) is 210 Å². The molecule has 1 unspecified atom stereocenters. The second kappa shape index (κ2) is 12.7. The van der Waals surface area contributed by atoms with Crippen molar-refractivity contribution in [1.29, 1.82) is 5.26 Å². The fourth-order valence-electron chi connectivity index (χ4n) is 8.64. The number of hydrogen-bond donors (Lipinski definition) is 0. The minimum atomic E-state index is -0.588. The molecule has 8 aromatic carbocycles. The molecule has 260 valence electrons. The maximum Gasteiger partial charge on any atom is 0.164 e. The van der Waals surface area contributed by atoms with E-state index in [9.17, 15) is 5.26 Å². The van der Waals surface area contributed by atoms with Crippen LogP contribution in [0.2, 0.25) is 0 Å². The number of rotatable bonds is 4. The third-order valence-electron chi connectivity index (χ3n) is 11.2. The van der Waals surface area contributed by atoms with E-state index < -0.39 is 5.41 Å². The van der Waals surface area contributed by atoms with E-state index in [0.29, 0.717) is 23.0 Å². The topological polar surface area (TPSA) is 62.5 Å². The van der Waals surface area contributed by atoms with Crippen molar-refractivity contribution in [3.8, 4) is 62.5 Å². The van der Waals surface area contributed by atoms with Gasteiger partial charge in [0.1, 0.15) is 0 Å². The van der Waals surface area contributed by atoms with Gasteiger partial charge in [-0.05, 0) is 104 Å². The molecule has 56 heavy (non-hydrogen) atoms. The molecular weight excluding hydrogens is 701 g/mol. The lowest BCUT2D eigenvalue weighted by molar-refractivity contribution is 0.723. The molecule has 0 N–H and O–H groups in total. The Morgan fingerprint density at radius 3 is 1.70 bits per heavy atom. The molecule has 0 saturated heterocycles. The average Bonchev–Trinajstić information content (AvgIpc) is 3.55. The molecule has 2 aliphatic rings. The number of hydrogen-bond acceptors (Lipinski definition) is 5. The third-order valence-corrected chi connectivity index (χ3v) is 12.4. The number of nitrogens with zero attached hydrogens (tertiary/aromatic N) is 4. The molecule has 0 fully saturated rings. The molecule has 1 aliphatic carbocycles. The predicted molar refractivity (Wildman–Crippen MR) is 225 cm³/mol. The first-order chi connectivity index (χ1) is 27.7. The molecule has 1 aromatic heterocycles. The van der Waals surface area contributed by atoms with Gasteiger partial charge >= 0.3 is 0 Å². The second-order valence-corrected chi connectivity index (χ2v) is 15.4. The summed E-state index contributed by atoms with van der Waals surface area (Å²) in [7, 11) is 0. The summed E-state index contributed by atoms with van der Waals surface area (Å²) in [6.07, 6.45) is 0. The van der Waals surface area contributed by atoms with Crippen LogP contribution in [-0.4, -0.2) is 15.0 Å². The van der Waals surface area contributed by atoms with Gasteiger partial charge in [0.05, 0.1) is 17.0 Å². The molecule has 1 atom stereocenters. The first kappa shape index (κ1) is 32.3. The number of fused-ring (bicyclic) bond motifs is 10. The van der Waals surface area contributed by atoms with Gasteiger partial charge in [-0.25, -0.2) is 15.0 Å². The first-order valence-electron chi connectivity index (χ1n) is 18.7. The molecule has 0 saturated carbocycles. The Hall–Kier alpha value is -7.13. The molecule has 11 rings (SSSR count). The summed E-state index contributed by atoms with van der Waals surface area (Å²) in [5, 5.41) is 11.8. The largest absolute Gasteiger partial charge is 0.208 e. The lowest BCUT2D eigenvalue weighted by Gasteiger charge is -2.40. The van der Waals surface area contributed by atoms with Crippen LogP contribution in [0.5, 0.6) is 0 Å². The van der Waals surface area contributed by atoms with E-state index in [1.165, 1.54) is 53.9 Å². The summed E-state index contributed by atoms with van der Waals surface area (Å²) in [6.45, 7) is 0. The zero-order chi connectivity index (χ0) is 37.2. The Labute approximate surface area is 328 Å². The van der Waals surface area contributed by atoms with Crippen molar-refractivity contribution in [2.75, 3.05) is 0 Å². The van der Waals surface area contributed by atoms with E-state index in [-0.39, 0.29) is 0 Å². The number of benzene rings is 8. The van der Waals surface area contributed by atoms with E-state index in [1.807, 2.05) is 96.7 Å². The highest BCUT2D eigenvalue weighted by atomic mass is 32.2. The van der Waals surface area contributed by atoms with Gasteiger partial charge in [0.15, 0.2) is 17.5 Å². The Balaban J connectivity index is 1.17. The zero-order valence-corrected chi connectivity index (χ0v) is 30.8. The van der Waals surface area contributed by atoms with Crippen molar-refractivity contribution in [3.63, 3.8) is 0 Å². The van der Waals surface area contributed by atoms with Crippen LogP contribution in [0.15, 0.2) is 192 Å². The maximum absolute atomic E-state index is 9.40. The SMILES string of the molecule is N#Cc1ccc(-c2ccc3cc4c(cc3c2)C2(c3ccccc3Sc3ccc(-c5nc(-c6ccccc6)nc(-c6ccccc6)n5)cc32)c2ccccc2-4)cc1. The highest BCUT2D eigenvalue weighted by Gasteiger charge is 2.50. The van der Waals surface area contributed by atoms with Gasteiger partial charge in [0, 0.05) is 26.5 Å². The van der Waals surface area contributed by atoms with E-state index in [2.05, 4.69) is 103 Å². The molecule has 5 heteroatoms. The molecular formula is C51H30N4S. The van der Waals surface area contributed by atoms with Crippen LogP contribution in [0.3, 0.4) is 0 Å². The van der Waals surface area contributed by atoms with Gasteiger partial charge in [-0.15, -0.1) is 0 Å². The Bertz CT molecular complexity index is 3000. The quantitative estimate of drug-likeness (QED) is 0.180. The van der Waals surface area contributed by atoms with Crippen LogP contribution in [-0.2, 0) is 5.41 Å². The normalized spacial score (nSPS) is 14.8. The van der Waals surface area contributed by atoms with Crippen molar-refractivity contribution in [2.45, 2.75) is 15.2 Å². The molecule has 1 spiro atoms. The number of nitriles is 1. The van der Waals surface area contributed by atoms with E-state index in [4.69, 9.17) is 15.0 Å². The zero-order valence-electron chi connectivity index (χ0n) is 30.0. The summed E-state index contributed by atoms with van der Waals surface area (Å²) >= 11 is 1.83. The highest BCUT2D eigenvalue weighted by molar-refractivity contribution is 7.99. The maximum atomic E-state index is 9.40. The van der Waals surface area contributed by atoms with Gasteiger partial charge in [-0.3, -0.25) is 0 Å². The second-order valence-electron chi connectivity index (χ2n) is 14.3. The van der Waals surface area contributed by atoms with Crippen LogP contribution in [0.25, 0.3) is 67.2 Å². The van der Waals surface area contributed by atoms with Crippen molar-refractivity contribution >= 4 is 22.5 Å². The van der Waals surface area contributed by atoms with E-state index in [0.717, 1.165) is 27.8 Å². The van der Waals surface area contributed by atoms with Gasteiger partial charge in [0.25, 0.3) is 0 Å². The monoisotopic (exact) mass is 730 g/mol. The smallest absolute Gasteiger partial charge is 0.164 e. The van der Waals surface area contributed by atoms with Gasteiger partial charge in [-0.1, -0.05) is 145 Å². The minimum Gasteiger partial charge on any atom is -0.208 e.